The van der Waals surface area contributed by atoms with Gasteiger partial charge in [0.2, 0.25) is 0 Å². The highest BCUT2D eigenvalue weighted by Crippen LogP contribution is 2.52. The van der Waals surface area contributed by atoms with Crippen molar-refractivity contribution in [3.8, 4) is 0 Å². The first-order valence-corrected chi connectivity index (χ1v) is 4.68. The zero-order valence-electron chi connectivity index (χ0n) is 8.36. The van der Waals surface area contributed by atoms with Gasteiger partial charge in [0, 0.05) is 13.2 Å². The van der Waals surface area contributed by atoms with E-state index >= 15 is 0 Å². The van der Waals surface area contributed by atoms with E-state index in [9.17, 15) is 5.11 Å². The molecule has 3 heteroatoms. The summed E-state index contributed by atoms with van der Waals surface area (Å²) in [5, 5.41) is 13.7. The molecule has 0 aliphatic heterocycles. The van der Waals surface area contributed by atoms with Crippen LogP contribution in [0.5, 0.6) is 0 Å². The molecule has 0 spiro atoms. The largest absolute Gasteiger partial charge is 0.393 e. The van der Waals surface area contributed by atoms with Gasteiger partial charge in [0.25, 0.3) is 0 Å². The van der Waals surface area contributed by atoms with Crippen LogP contribution >= 0.6 is 0 Å². The third-order valence-electron chi connectivity index (χ3n) is 3.34. The topological polar surface area (TPSA) is 38.0 Å². The van der Waals surface area contributed by atoms with E-state index in [0.717, 1.165) is 6.42 Å². The van der Waals surface area contributed by atoms with E-state index < -0.39 is 0 Å². The van der Waals surface area contributed by atoms with Crippen molar-refractivity contribution < 1.29 is 5.11 Å². The fourth-order valence-electron chi connectivity index (χ4n) is 2.09. The Labute approximate surface area is 78.4 Å². The fraction of sp³-hybridized carbons (Fsp3) is 0.700. The molecule has 1 heterocycles. The van der Waals surface area contributed by atoms with E-state index in [4.69, 9.17) is 0 Å². The Kier molecular flexibility index (Phi) is 1.74. The molecule has 1 saturated carbocycles. The van der Waals surface area contributed by atoms with Crippen LogP contribution in [0.1, 0.15) is 31.7 Å². The molecule has 3 nitrogen and oxygen atoms in total. The summed E-state index contributed by atoms with van der Waals surface area (Å²) in [5.41, 5.74) is 1.26. The lowest BCUT2D eigenvalue weighted by molar-refractivity contribution is -0.0625. The summed E-state index contributed by atoms with van der Waals surface area (Å²) >= 11 is 0. The van der Waals surface area contributed by atoms with Crippen LogP contribution in [0.2, 0.25) is 0 Å². The Bertz CT molecular complexity index is 316. The molecule has 0 saturated heterocycles. The van der Waals surface area contributed by atoms with Crippen LogP contribution in [0.4, 0.5) is 0 Å². The SMILES string of the molecule is Cn1cc(C2CC(O)C2(C)C)cn1. The van der Waals surface area contributed by atoms with E-state index in [1.807, 2.05) is 24.1 Å². The smallest absolute Gasteiger partial charge is 0.0603 e. The van der Waals surface area contributed by atoms with Gasteiger partial charge in [-0.1, -0.05) is 13.8 Å². The van der Waals surface area contributed by atoms with Crippen LogP contribution in [-0.4, -0.2) is 21.0 Å². The highest BCUT2D eigenvalue weighted by atomic mass is 16.3. The van der Waals surface area contributed by atoms with Crippen LogP contribution in [0.25, 0.3) is 0 Å². The quantitative estimate of drug-likeness (QED) is 0.707. The van der Waals surface area contributed by atoms with Gasteiger partial charge in [-0.15, -0.1) is 0 Å². The molecular formula is C10H16N2O. The summed E-state index contributed by atoms with van der Waals surface area (Å²) in [7, 11) is 1.92. The van der Waals surface area contributed by atoms with E-state index in [0.29, 0.717) is 5.92 Å². The van der Waals surface area contributed by atoms with Crippen molar-refractivity contribution in [3.05, 3.63) is 18.0 Å². The number of rotatable bonds is 1. The predicted octanol–water partition coefficient (Wildman–Crippen LogP) is 1.29. The molecule has 1 fully saturated rings. The molecule has 1 N–H and O–H groups in total. The Hall–Kier alpha value is -0.830. The first kappa shape index (κ1) is 8.75. The molecule has 1 aliphatic carbocycles. The van der Waals surface area contributed by atoms with E-state index in [2.05, 4.69) is 18.9 Å². The number of aliphatic hydroxyl groups is 1. The first-order chi connectivity index (χ1) is 6.01. The van der Waals surface area contributed by atoms with Crippen molar-refractivity contribution in [2.75, 3.05) is 0 Å². The van der Waals surface area contributed by atoms with Crippen LogP contribution in [-0.2, 0) is 7.05 Å². The van der Waals surface area contributed by atoms with Gasteiger partial charge in [-0.2, -0.15) is 5.10 Å². The van der Waals surface area contributed by atoms with Crippen molar-refractivity contribution in [2.45, 2.75) is 32.3 Å². The summed E-state index contributed by atoms with van der Waals surface area (Å²) in [5.74, 6) is 0.469. The van der Waals surface area contributed by atoms with Gasteiger partial charge in [-0.05, 0) is 23.3 Å². The predicted molar refractivity (Wildman–Crippen MR) is 50.4 cm³/mol. The summed E-state index contributed by atoms with van der Waals surface area (Å²) in [6.07, 6.45) is 4.66. The molecule has 0 radical (unpaired) electrons. The van der Waals surface area contributed by atoms with Crippen molar-refractivity contribution >= 4 is 0 Å². The number of hydrogen-bond donors (Lipinski definition) is 1. The molecule has 0 aromatic carbocycles. The van der Waals surface area contributed by atoms with Crippen molar-refractivity contribution in [2.24, 2.45) is 12.5 Å². The molecule has 0 amide bonds. The van der Waals surface area contributed by atoms with Crippen LogP contribution in [0.15, 0.2) is 12.4 Å². The van der Waals surface area contributed by atoms with Gasteiger partial charge in [-0.3, -0.25) is 4.68 Å². The van der Waals surface area contributed by atoms with Crippen LogP contribution in [0, 0.1) is 5.41 Å². The molecule has 2 unspecified atom stereocenters. The van der Waals surface area contributed by atoms with E-state index in [1.165, 1.54) is 5.56 Å². The average molecular weight is 180 g/mol. The summed E-state index contributed by atoms with van der Waals surface area (Å²) in [6.45, 7) is 4.22. The second-order valence-electron chi connectivity index (χ2n) is 4.57. The zero-order valence-corrected chi connectivity index (χ0v) is 8.36. The lowest BCUT2D eigenvalue weighted by Crippen LogP contribution is -2.47. The molecule has 0 bridgehead atoms. The maximum Gasteiger partial charge on any atom is 0.0603 e. The Morgan fingerprint density at radius 3 is 2.69 bits per heavy atom. The van der Waals surface area contributed by atoms with Crippen molar-refractivity contribution in [1.82, 2.24) is 9.78 Å². The normalized spacial score (nSPS) is 31.4. The maximum absolute atomic E-state index is 9.59. The molecule has 72 valence electrons. The number of nitrogens with zero attached hydrogens (tertiary/aromatic N) is 2. The van der Waals surface area contributed by atoms with Gasteiger partial charge in [0.05, 0.1) is 12.3 Å². The Morgan fingerprint density at radius 1 is 1.62 bits per heavy atom. The highest BCUT2D eigenvalue weighted by molar-refractivity contribution is 5.21. The molecule has 13 heavy (non-hydrogen) atoms. The van der Waals surface area contributed by atoms with Crippen molar-refractivity contribution in [1.29, 1.82) is 0 Å². The van der Waals surface area contributed by atoms with Gasteiger partial charge in [-0.25, -0.2) is 0 Å². The standard InChI is InChI=1S/C10H16N2O/c1-10(2)8(4-9(10)13)7-5-11-12(3)6-7/h5-6,8-9,13H,4H2,1-3H3. The van der Waals surface area contributed by atoms with Gasteiger partial charge >= 0.3 is 0 Å². The average Bonchev–Trinajstić information content (AvgIpc) is 2.47. The minimum atomic E-state index is -0.155. The number of aryl methyl sites for hydroxylation is 1. The number of aromatic nitrogens is 2. The van der Waals surface area contributed by atoms with E-state index in [-0.39, 0.29) is 11.5 Å². The van der Waals surface area contributed by atoms with Crippen molar-refractivity contribution in [3.63, 3.8) is 0 Å². The monoisotopic (exact) mass is 180 g/mol. The van der Waals surface area contributed by atoms with Crippen LogP contribution < -0.4 is 0 Å². The van der Waals surface area contributed by atoms with E-state index in [1.54, 1.807) is 0 Å². The molecular weight excluding hydrogens is 164 g/mol. The second-order valence-corrected chi connectivity index (χ2v) is 4.57. The summed E-state index contributed by atoms with van der Waals surface area (Å²) in [4.78, 5) is 0. The number of hydrogen-bond acceptors (Lipinski definition) is 2. The summed E-state index contributed by atoms with van der Waals surface area (Å²) < 4.78 is 1.82. The molecule has 2 atom stereocenters. The van der Waals surface area contributed by atoms with Gasteiger partial charge in [0.15, 0.2) is 0 Å². The second kappa shape index (κ2) is 2.58. The molecule has 1 aromatic heterocycles. The minimum Gasteiger partial charge on any atom is -0.393 e. The maximum atomic E-state index is 9.59. The zero-order chi connectivity index (χ0) is 9.64. The lowest BCUT2D eigenvalue weighted by atomic mass is 9.58. The molecule has 1 aliphatic rings. The first-order valence-electron chi connectivity index (χ1n) is 4.68. The highest BCUT2D eigenvalue weighted by Gasteiger charge is 2.48. The fourth-order valence-corrected chi connectivity index (χ4v) is 2.09. The third-order valence-corrected chi connectivity index (χ3v) is 3.34. The summed E-state index contributed by atoms with van der Waals surface area (Å²) in [6, 6.07) is 0. The molecule has 1 aromatic rings. The minimum absolute atomic E-state index is 0.0169. The van der Waals surface area contributed by atoms with Crippen LogP contribution in [0.3, 0.4) is 0 Å². The molecule has 2 rings (SSSR count). The third kappa shape index (κ3) is 1.18. The van der Waals surface area contributed by atoms with Gasteiger partial charge < -0.3 is 5.11 Å². The Balaban J connectivity index is 2.21. The number of aliphatic hydroxyl groups excluding tert-OH is 1. The lowest BCUT2D eigenvalue weighted by Gasteiger charge is -2.49. The van der Waals surface area contributed by atoms with Gasteiger partial charge in [0.1, 0.15) is 0 Å². The Morgan fingerprint density at radius 2 is 2.31 bits per heavy atom.